The van der Waals surface area contributed by atoms with Crippen molar-refractivity contribution >= 4 is 40.9 Å². The molecule has 0 aliphatic carbocycles. The molecule has 0 aromatic heterocycles. The number of amides is 2. The lowest BCUT2D eigenvalue weighted by atomic mass is 9.88. The normalized spacial score (nSPS) is 19.2. The molecule has 1 fully saturated rings. The van der Waals surface area contributed by atoms with Crippen molar-refractivity contribution in [2.24, 2.45) is 4.99 Å². The van der Waals surface area contributed by atoms with E-state index >= 15 is 0 Å². The van der Waals surface area contributed by atoms with E-state index in [1.165, 1.54) is 0 Å². The second kappa shape index (κ2) is 6.61. The van der Waals surface area contributed by atoms with Crippen molar-refractivity contribution in [1.29, 1.82) is 0 Å². The van der Waals surface area contributed by atoms with E-state index in [-0.39, 0.29) is 18.4 Å². The second-order valence-corrected chi connectivity index (χ2v) is 6.74. The summed E-state index contributed by atoms with van der Waals surface area (Å²) in [6.45, 7) is 2.65. The number of likely N-dealkylation sites (tertiary alicyclic amines) is 1. The number of benzene rings is 1. The van der Waals surface area contributed by atoms with Crippen LogP contribution in [0.15, 0.2) is 23.2 Å². The van der Waals surface area contributed by atoms with Crippen molar-refractivity contribution in [2.75, 3.05) is 19.7 Å². The first-order valence-electron chi connectivity index (χ1n) is 7.63. The summed E-state index contributed by atoms with van der Waals surface area (Å²) in [4.78, 5) is 30.4. The van der Waals surface area contributed by atoms with Crippen molar-refractivity contribution in [3.05, 3.63) is 28.2 Å². The van der Waals surface area contributed by atoms with Crippen LogP contribution in [0, 0.1) is 0 Å². The monoisotopic (exact) mass is 369 g/mol. The number of ether oxygens (including phenoxy) is 1. The van der Waals surface area contributed by atoms with Crippen LogP contribution in [0.3, 0.4) is 0 Å². The molecule has 2 amide bonds. The van der Waals surface area contributed by atoms with Crippen LogP contribution < -0.4 is 10.1 Å². The van der Waals surface area contributed by atoms with E-state index in [1.807, 2.05) is 0 Å². The SMILES string of the molecule is CC1=NC2(CCN(C(=O)COc3ccc(Cl)c(Cl)c3)CC2)C(=O)N1. The number of piperidine rings is 1. The summed E-state index contributed by atoms with van der Waals surface area (Å²) in [5.74, 6) is 0.929. The van der Waals surface area contributed by atoms with Crippen molar-refractivity contribution in [2.45, 2.75) is 25.3 Å². The summed E-state index contributed by atoms with van der Waals surface area (Å²) in [7, 11) is 0. The van der Waals surface area contributed by atoms with Gasteiger partial charge in [-0.1, -0.05) is 23.2 Å². The largest absolute Gasteiger partial charge is 0.484 e. The number of hydrogen-bond donors (Lipinski definition) is 1. The predicted octanol–water partition coefficient (Wildman–Crippen LogP) is 2.28. The Hall–Kier alpha value is -1.79. The maximum absolute atomic E-state index is 12.3. The van der Waals surface area contributed by atoms with Gasteiger partial charge in [0.1, 0.15) is 17.1 Å². The average molecular weight is 370 g/mol. The molecule has 2 aliphatic heterocycles. The van der Waals surface area contributed by atoms with Crippen molar-refractivity contribution in [3.8, 4) is 5.75 Å². The van der Waals surface area contributed by atoms with Crippen LogP contribution in [0.1, 0.15) is 19.8 Å². The minimum absolute atomic E-state index is 0.0702. The topological polar surface area (TPSA) is 71.0 Å². The van der Waals surface area contributed by atoms with Gasteiger partial charge in [-0.15, -0.1) is 0 Å². The molecule has 1 saturated heterocycles. The van der Waals surface area contributed by atoms with E-state index in [1.54, 1.807) is 30.0 Å². The van der Waals surface area contributed by atoms with E-state index in [0.29, 0.717) is 47.6 Å². The van der Waals surface area contributed by atoms with E-state index in [4.69, 9.17) is 27.9 Å². The van der Waals surface area contributed by atoms with E-state index in [9.17, 15) is 9.59 Å². The summed E-state index contributed by atoms with van der Waals surface area (Å²) < 4.78 is 5.47. The predicted molar refractivity (Wildman–Crippen MR) is 91.8 cm³/mol. The Balaban J connectivity index is 1.54. The number of carbonyl (C=O) groups excluding carboxylic acids is 2. The minimum Gasteiger partial charge on any atom is -0.484 e. The van der Waals surface area contributed by atoms with Crippen molar-refractivity contribution in [3.63, 3.8) is 0 Å². The summed E-state index contributed by atoms with van der Waals surface area (Å²) in [5.41, 5.74) is -0.703. The van der Waals surface area contributed by atoms with Gasteiger partial charge < -0.3 is 15.0 Å². The van der Waals surface area contributed by atoms with Gasteiger partial charge in [-0.05, 0) is 31.9 Å². The summed E-state index contributed by atoms with van der Waals surface area (Å²) >= 11 is 11.8. The second-order valence-electron chi connectivity index (χ2n) is 5.93. The fourth-order valence-corrected chi connectivity index (χ4v) is 3.24. The quantitative estimate of drug-likeness (QED) is 0.888. The third-order valence-electron chi connectivity index (χ3n) is 4.30. The molecule has 2 heterocycles. The smallest absolute Gasteiger partial charge is 0.260 e. The van der Waals surface area contributed by atoms with E-state index < -0.39 is 5.54 Å². The van der Waals surface area contributed by atoms with Gasteiger partial charge in [0, 0.05) is 19.2 Å². The van der Waals surface area contributed by atoms with Crippen LogP contribution in [-0.2, 0) is 9.59 Å². The third-order valence-corrected chi connectivity index (χ3v) is 5.03. The summed E-state index contributed by atoms with van der Waals surface area (Å²) in [5, 5.41) is 3.55. The van der Waals surface area contributed by atoms with Gasteiger partial charge in [0.25, 0.3) is 11.8 Å². The number of halogens is 2. The minimum atomic E-state index is -0.703. The fraction of sp³-hybridized carbons (Fsp3) is 0.438. The number of aliphatic imine (C=N–C) groups is 1. The van der Waals surface area contributed by atoms with Gasteiger partial charge >= 0.3 is 0 Å². The molecule has 0 atom stereocenters. The molecule has 1 spiro atoms. The lowest BCUT2D eigenvalue weighted by molar-refractivity contribution is -0.137. The van der Waals surface area contributed by atoms with Gasteiger partial charge in [-0.25, -0.2) is 0 Å². The molecular weight excluding hydrogens is 353 g/mol. The summed E-state index contributed by atoms with van der Waals surface area (Å²) in [6.07, 6.45) is 1.05. The molecule has 2 aliphatic rings. The zero-order valence-corrected chi connectivity index (χ0v) is 14.7. The molecule has 128 valence electrons. The van der Waals surface area contributed by atoms with Crippen LogP contribution in [0.25, 0.3) is 0 Å². The molecular formula is C16H17Cl2N3O3. The Kier molecular flexibility index (Phi) is 4.69. The first kappa shape index (κ1) is 17.0. The molecule has 1 N–H and O–H groups in total. The number of nitrogens with zero attached hydrogens (tertiary/aromatic N) is 2. The lowest BCUT2D eigenvalue weighted by Gasteiger charge is -2.35. The molecule has 1 aromatic carbocycles. The fourth-order valence-electron chi connectivity index (χ4n) is 2.95. The highest BCUT2D eigenvalue weighted by Crippen LogP contribution is 2.30. The van der Waals surface area contributed by atoms with Crippen molar-refractivity contribution < 1.29 is 14.3 Å². The van der Waals surface area contributed by atoms with Gasteiger partial charge in [-0.2, -0.15) is 0 Å². The van der Waals surface area contributed by atoms with Crippen LogP contribution in [0.5, 0.6) is 5.75 Å². The Morgan fingerprint density at radius 1 is 1.33 bits per heavy atom. The first-order chi connectivity index (χ1) is 11.4. The highest BCUT2D eigenvalue weighted by atomic mass is 35.5. The molecule has 8 heteroatoms. The van der Waals surface area contributed by atoms with Crippen LogP contribution in [0.4, 0.5) is 0 Å². The number of rotatable bonds is 3. The zero-order valence-electron chi connectivity index (χ0n) is 13.1. The number of amidine groups is 1. The van der Waals surface area contributed by atoms with Gasteiger partial charge in [0.15, 0.2) is 6.61 Å². The highest BCUT2D eigenvalue weighted by Gasteiger charge is 2.45. The maximum atomic E-state index is 12.3. The van der Waals surface area contributed by atoms with Gasteiger partial charge in [-0.3, -0.25) is 14.6 Å². The Bertz CT molecular complexity index is 713. The first-order valence-corrected chi connectivity index (χ1v) is 8.39. The molecule has 0 radical (unpaired) electrons. The standard InChI is InChI=1S/C16H17Cl2N3O3/c1-10-19-15(23)16(20-10)4-6-21(7-5-16)14(22)9-24-11-2-3-12(17)13(18)8-11/h2-3,8H,4-7,9H2,1H3,(H,19,20,23). The number of nitrogens with one attached hydrogen (secondary N) is 1. The van der Waals surface area contributed by atoms with Crippen molar-refractivity contribution in [1.82, 2.24) is 10.2 Å². The van der Waals surface area contributed by atoms with Crippen LogP contribution in [0.2, 0.25) is 10.0 Å². The summed E-state index contributed by atoms with van der Waals surface area (Å²) in [6, 6.07) is 4.85. The lowest BCUT2D eigenvalue weighted by Crippen LogP contribution is -2.51. The molecule has 0 unspecified atom stereocenters. The Morgan fingerprint density at radius 2 is 2.04 bits per heavy atom. The molecule has 24 heavy (non-hydrogen) atoms. The Labute approximate surface area is 149 Å². The maximum Gasteiger partial charge on any atom is 0.260 e. The molecule has 6 nitrogen and oxygen atoms in total. The average Bonchev–Trinajstić information content (AvgIpc) is 2.82. The van der Waals surface area contributed by atoms with E-state index in [0.717, 1.165) is 0 Å². The highest BCUT2D eigenvalue weighted by molar-refractivity contribution is 6.42. The van der Waals surface area contributed by atoms with Gasteiger partial charge in [0.05, 0.1) is 10.0 Å². The molecule has 3 rings (SSSR count). The Morgan fingerprint density at radius 3 is 2.62 bits per heavy atom. The van der Waals surface area contributed by atoms with Gasteiger partial charge in [0.2, 0.25) is 0 Å². The molecule has 1 aromatic rings. The zero-order chi connectivity index (χ0) is 17.3. The van der Waals surface area contributed by atoms with Crippen LogP contribution >= 0.6 is 23.2 Å². The third kappa shape index (κ3) is 3.35. The van der Waals surface area contributed by atoms with E-state index in [2.05, 4.69) is 10.3 Å². The molecule has 0 saturated carbocycles. The number of hydrogen-bond acceptors (Lipinski definition) is 4. The van der Waals surface area contributed by atoms with Crippen LogP contribution in [-0.4, -0.2) is 47.8 Å². The molecule has 0 bridgehead atoms. The number of carbonyl (C=O) groups is 2.